The zero-order valence-corrected chi connectivity index (χ0v) is 16.5. The third kappa shape index (κ3) is 4.85. The van der Waals surface area contributed by atoms with Crippen molar-refractivity contribution in [3.05, 3.63) is 45.8 Å². The van der Waals surface area contributed by atoms with Crippen LogP contribution in [0.4, 0.5) is 5.00 Å². The fraction of sp³-hybridized carbons (Fsp3) is 0.316. The highest BCUT2D eigenvalue weighted by Crippen LogP contribution is 2.34. The van der Waals surface area contributed by atoms with Crippen LogP contribution in [0.2, 0.25) is 0 Å². The van der Waals surface area contributed by atoms with Crippen LogP contribution in [-0.2, 0) is 16.0 Å². The molecule has 1 aromatic heterocycles. The number of carbonyl (C=O) groups is 3. The van der Waals surface area contributed by atoms with Crippen molar-refractivity contribution in [3.63, 3.8) is 0 Å². The van der Waals surface area contributed by atoms with Gasteiger partial charge in [-0.05, 0) is 37.1 Å². The summed E-state index contributed by atoms with van der Waals surface area (Å²) < 4.78 is 10.2. The fourth-order valence-electron chi connectivity index (χ4n) is 2.52. The van der Waals surface area contributed by atoms with Gasteiger partial charge in [0.05, 0.1) is 30.6 Å². The SMILES string of the molecule is CCOC(=O)c1c(NC(=O)Cc2cccc(OC)c2)sc(C(=O)NC)c1C. The summed E-state index contributed by atoms with van der Waals surface area (Å²) in [6.07, 6.45) is 0.103. The Labute approximate surface area is 161 Å². The van der Waals surface area contributed by atoms with Gasteiger partial charge in [0.1, 0.15) is 10.8 Å². The Morgan fingerprint density at radius 2 is 1.96 bits per heavy atom. The van der Waals surface area contributed by atoms with E-state index in [0.29, 0.717) is 21.2 Å². The Morgan fingerprint density at radius 3 is 2.59 bits per heavy atom. The van der Waals surface area contributed by atoms with Gasteiger partial charge in [-0.25, -0.2) is 4.79 Å². The molecular weight excluding hydrogens is 368 g/mol. The van der Waals surface area contributed by atoms with Crippen LogP contribution in [0.3, 0.4) is 0 Å². The number of nitrogens with one attached hydrogen (secondary N) is 2. The fourth-order valence-corrected chi connectivity index (χ4v) is 3.68. The van der Waals surface area contributed by atoms with Gasteiger partial charge in [0.15, 0.2) is 0 Å². The highest BCUT2D eigenvalue weighted by Gasteiger charge is 2.26. The maximum absolute atomic E-state index is 12.5. The number of hydrogen-bond donors (Lipinski definition) is 2. The molecule has 0 aliphatic carbocycles. The molecule has 1 heterocycles. The maximum Gasteiger partial charge on any atom is 0.341 e. The number of hydrogen-bond acceptors (Lipinski definition) is 6. The van der Waals surface area contributed by atoms with Gasteiger partial charge in [-0.1, -0.05) is 12.1 Å². The monoisotopic (exact) mass is 390 g/mol. The molecule has 0 spiro atoms. The second-order valence-corrected chi connectivity index (χ2v) is 6.66. The normalized spacial score (nSPS) is 10.2. The molecule has 144 valence electrons. The standard InChI is InChI=1S/C19H22N2O5S/c1-5-26-19(24)15-11(2)16(17(23)20-3)27-18(15)21-14(22)10-12-7-6-8-13(9-12)25-4/h6-9H,5,10H2,1-4H3,(H,20,23)(H,21,22). The minimum Gasteiger partial charge on any atom is -0.497 e. The highest BCUT2D eigenvalue weighted by molar-refractivity contribution is 7.18. The first kappa shape index (κ1) is 20.4. The third-order valence-corrected chi connectivity index (χ3v) is 5.02. The van der Waals surface area contributed by atoms with Crippen molar-refractivity contribution in [3.8, 4) is 5.75 Å². The Morgan fingerprint density at radius 1 is 1.22 bits per heavy atom. The lowest BCUT2D eigenvalue weighted by Gasteiger charge is -2.08. The zero-order valence-electron chi connectivity index (χ0n) is 15.7. The Hall–Kier alpha value is -2.87. The topological polar surface area (TPSA) is 93.7 Å². The van der Waals surface area contributed by atoms with Crippen LogP contribution < -0.4 is 15.4 Å². The van der Waals surface area contributed by atoms with Crippen molar-refractivity contribution in [1.82, 2.24) is 5.32 Å². The lowest BCUT2D eigenvalue weighted by atomic mass is 10.1. The van der Waals surface area contributed by atoms with Crippen molar-refractivity contribution < 1.29 is 23.9 Å². The molecule has 0 fully saturated rings. The van der Waals surface area contributed by atoms with Crippen molar-refractivity contribution in [2.75, 3.05) is 26.1 Å². The first-order valence-electron chi connectivity index (χ1n) is 8.36. The number of amides is 2. The molecular formula is C19H22N2O5S. The molecule has 2 N–H and O–H groups in total. The summed E-state index contributed by atoms with van der Waals surface area (Å²) in [5, 5.41) is 5.57. The second-order valence-electron chi connectivity index (χ2n) is 5.64. The van der Waals surface area contributed by atoms with E-state index in [0.717, 1.165) is 16.9 Å². The number of benzene rings is 1. The van der Waals surface area contributed by atoms with E-state index in [1.54, 1.807) is 39.2 Å². The van der Waals surface area contributed by atoms with Crippen LogP contribution in [-0.4, -0.2) is 38.5 Å². The lowest BCUT2D eigenvalue weighted by Crippen LogP contribution is -2.18. The van der Waals surface area contributed by atoms with Gasteiger partial charge in [-0.3, -0.25) is 9.59 Å². The summed E-state index contributed by atoms with van der Waals surface area (Å²) in [4.78, 5) is 37.2. The van der Waals surface area contributed by atoms with Gasteiger partial charge in [0.25, 0.3) is 5.91 Å². The predicted molar refractivity (Wildman–Crippen MR) is 104 cm³/mol. The average molecular weight is 390 g/mol. The smallest absolute Gasteiger partial charge is 0.341 e. The van der Waals surface area contributed by atoms with E-state index in [2.05, 4.69) is 10.6 Å². The minimum absolute atomic E-state index is 0.103. The molecule has 0 saturated carbocycles. The van der Waals surface area contributed by atoms with E-state index < -0.39 is 5.97 Å². The van der Waals surface area contributed by atoms with Gasteiger partial charge in [0, 0.05) is 7.05 Å². The number of methoxy groups -OCH3 is 1. The molecule has 0 aliphatic rings. The molecule has 2 aromatic rings. The first-order valence-corrected chi connectivity index (χ1v) is 9.18. The van der Waals surface area contributed by atoms with Crippen LogP contribution in [0.15, 0.2) is 24.3 Å². The summed E-state index contributed by atoms with van der Waals surface area (Å²) in [5.41, 5.74) is 1.46. The van der Waals surface area contributed by atoms with E-state index in [9.17, 15) is 14.4 Å². The Bertz CT molecular complexity index is 860. The maximum atomic E-state index is 12.5. The van der Waals surface area contributed by atoms with Gasteiger partial charge in [0.2, 0.25) is 5.91 Å². The molecule has 7 nitrogen and oxygen atoms in total. The van der Waals surface area contributed by atoms with Gasteiger partial charge < -0.3 is 20.1 Å². The summed E-state index contributed by atoms with van der Waals surface area (Å²) in [7, 11) is 3.06. The van der Waals surface area contributed by atoms with Crippen LogP contribution in [0.5, 0.6) is 5.75 Å². The third-order valence-electron chi connectivity index (χ3n) is 3.81. The van der Waals surface area contributed by atoms with Gasteiger partial charge >= 0.3 is 5.97 Å². The highest BCUT2D eigenvalue weighted by atomic mass is 32.1. The van der Waals surface area contributed by atoms with Crippen LogP contribution in [0.25, 0.3) is 0 Å². The molecule has 0 unspecified atom stereocenters. The van der Waals surface area contributed by atoms with E-state index in [1.807, 2.05) is 6.07 Å². The van der Waals surface area contributed by atoms with E-state index >= 15 is 0 Å². The van der Waals surface area contributed by atoms with Gasteiger partial charge in [-0.2, -0.15) is 0 Å². The number of anilines is 1. The predicted octanol–water partition coefficient (Wildman–Crippen LogP) is 2.78. The number of esters is 1. The lowest BCUT2D eigenvalue weighted by molar-refractivity contribution is -0.115. The van der Waals surface area contributed by atoms with E-state index in [4.69, 9.17) is 9.47 Å². The van der Waals surface area contributed by atoms with Crippen molar-refractivity contribution >= 4 is 34.1 Å². The summed E-state index contributed by atoms with van der Waals surface area (Å²) in [5.74, 6) is -0.547. The molecule has 2 rings (SSSR count). The minimum atomic E-state index is -0.571. The molecule has 0 saturated heterocycles. The van der Waals surface area contributed by atoms with Crippen LogP contribution in [0, 0.1) is 6.92 Å². The molecule has 0 bridgehead atoms. The van der Waals surface area contributed by atoms with Crippen LogP contribution in [0.1, 0.15) is 38.1 Å². The number of carbonyl (C=O) groups excluding carboxylic acids is 3. The molecule has 8 heteroatoms. The zero-order chi connectivity index (χ0) is 20.0. The summed E-state index contributed by atoms with van der Waals surface area (Å²) in [6, 6.07) is 7.16. The molecule has 0 atom stereocenters. The van der Waals surface area contributed by atoms with Crippen molar-refractivity contribution in [2.45, 2.75) is 20.3 Å². The molecule has 2 amide bonds. The van der Waals surface area contributed by atoms with Gasteiger partial charge in [-0.15, -0.1) is 11.3 Å². The second kappa shape index (κ2) is 9.18. The Balaban J connectivity index is 2.28. The first-order chi connectivity index (χ1) is 12.9. The van der Waals surface area contributed by atoms with Crippen molar-refractivity contribution in [1.29, 1.82) is 0 Å². The number of thiophene rings is 1. The molecule has 0 radical (unpaired) electrons. The van der Waals surface area contributed by atoms with E-state index in [-0.39, 0.29) is 30.4 Å². The molecule has 27 heavy (non-hydrogen) atoms. The van der Waals surface area contributed by atoms with Crippen molar-refractivity contribution in [2.24, 2.45) is 0 Å². The molecule has 0 aliphatic heterocycles. The number of rotatable bonds is 7. The van der Waals surface area contributed by atoms with Crippen LogP contribution >= 0.6 is 11.3 Å². The summed E-state index contributed by atoms with van der Waals surface area (Å²) in [6.45, 7) is 3.55. The quantitative estimate of drug-likeness (QED) is 0.709. The largest absolute Gasteiger partial charge is 0.497 e. The average Bonchev–Trinajstić information content (AvgIpc) is 2.97. The summed E-state index contributed by atoms with van der Waals surface area (Å²) >= 11 is 1.05. The van der Waals surface area contributed by atoms with E-state index in [1.165, 1.54) is 7.05 Å². The Kier molecular flexibility index (Phi) is 6.95. The molecule has 1 aromatic carbocycles. The number of ether oxygens (including phenoxy) is 2.